The number of aryl methyl sites for hydroxylation is 1. The number of aromatic nitrogens is 2. The molecule has 2 aromatic carbocycles. The van der Waals surface area contributed by atoms with Crippen molar-refractivity contribution >= 4 is 11.6 Å². The number of rotatable bonds is 5. The van der Waals surface area contributed by atoms with Gasteiger partial charge in [0.05, 0.1) is 5.41 Å². The fourth-order valence-electron chi connectivity index (χ4n) is 4.23. The second-order valence-electron chi connectivity index (χ2n) is 7.77. The van der Waals surface area contributed by atoms with Crippen LogP contribution >= 0.6 is 0 Å². The second-order valence-corrected chi connectivity index (χ2v) is 7.77. The van der Waals surface area contributed by atoms with Crippen molar-refractivity contribution in [3.8, 4) is 11.4 Å². The SMILES string of the molecule is CCc1cc(=O)[nH]c(-c2cccc(NC(=O)C3(c4cccc(F)c4)CCCC3)c2)n1. The lowest BCUT2D eigenvalue weighted by Gasteiger charge is -2.28. The van der Waals surface area contributed by atoms with Crippen LogP contribution in [0, 0.1) is 5.82 Å². The summed E-state index contributed by atoms with van der Waals surface area (Å²) in [5.41, 5.74) is 1.82. The Morgan fingerprint density at radius 3 is 2.63 bits per heavy atom. The van der Waals surface area contributed by atoms with Crippen molar-refractivity contribution in [3.63, 3.8) is 0 Å². The Hall–Kier alpha value is -3.28. The van der Waals surface area contributed by atoms with Crippen molar-refractivity contribution in [1.29, 1.82) is 0 Å². The minimum atomic E-state index is -0.729. The summed E-state index contributed by atoms with van der Waals surface area (Å²) in [4.78, 5) is 32.5. The molecule has 6 heteroatoms. The highest BCUT2D eigenvalue weighted by Crippen LogP contribution is 2.42. The Labute approximate surface area is 174 Å². The van der Waals surface area contributed by atoms with Gasteiger partial charge in [-0.1, -0.05) is 44.0 Å². The number of benzene rings is 2. The monoisotopic (exact) mass is 405 g/mol. The lowest BCUT2D eigenvalue weighted by atomic mass is 9.78. The standard InChI is InChI=1S/C24H24FN3O2/c1-2-19-15-21(29)28-22(26-19)16-7-5-10-20(13-16)27-23(30)24(11-3-4-12-24)17-8-6-9-18(25)14-17/h5-10,13-15H,2-4,11-12H2,1H3,(H,27,30)(H,26,28,29). The fraction of sp³-hybridized carbons (Fsp3) is 0.292. The molecular weight excluding hydrogens is 381 g/mol. The van der Waals surface area contributed by atoms with Gasteiger partial charge in [-0.25, -0.2) is 9.37 Å². The summed E-state index contributed by atoms with van der Waals surface area (Å²) >= 11 is 0. The van der Waals surface area contributed by atoms with Crippen LogP contribution in [0.4, 0.5) is 10.1 Å². The van der Waals surface area contributed by atoms with E-state index in [-0.39, 0.29) is 17.3 Å². The number of amides is 1. The van der Waals surface area contributed by atoms with Crippen LogP contribution in [0.3, 0.4) is 0 Å². The molecule has 1 aliphatic carbocycles. The Balaban J connectivity index is 1.64. The lowest BCUT2D eigenvalue weighted by Crippen LogP contribution is -2.38. The summed E-state index contributed by atoms with van der Waals surface area (Å²) in [7, 11) is 0. The van der Waals surface area contributed by atoms with E-state index in [9.17, 15) is 14.0 Å². The van der Waals surface area contributed by atoms with Gasteiger partial charge in [0, 0.05) is 23.0 Å². The van der Waals surface area contributed by atoms with Gasteiger partial charge in [-0.2, -0.15) is 0 Å². The first-order valence-corrected chi connectivity index (χ1v) is 10.3. The molecule has 30 heavy (non-hydrogen) atoms. The molecule has 0 aliphatic heterocycles. The van der Waals surface area contributed by atoms with Gasteiger partial charge in [0.2, 0.25) is 5.91 Å². The third-order valence-electron chi connectivity index (χ3n) is 5.82. The van der Waals surface area contributed by atoms with Crippen molar-refractivity contribution in [1.82, 2.24) is 9.97 Å². The molecule has 154 valence electrons. The summed E-state index contributed by atoms with van der Waals surface area (Å²) in [6.45, 7) is 1.94. The Kier molecular flexibility index (Phi) is 5.48. The molecule has 1 aromatic heterocycles. The number of carbonyl (C=O) groups excluding carboxylic acids is 1. The largest absolute Gasteiger partial charge is 0.325 e. The smallest absolute Gasteiger partial charge is 0.251 e. The van der Waals surface area contributed by atoms with Gasteiger partial charge >= 0.3 is 0 Å². The van der Waals surface area contributed by atoms with E-state index in [0.29, 0.717) is 42.0 Å². The van der Waals surface area contributed by atoms with Crippen molar-refractivity contribution < 1.29 is 9.18 Å². The molecule has 5 nitrogen and oxygen atoms in total. The van der Waals surface area contributed by atoms with Gasteiger partial charge in [0.1, 0.15) is 11.6 Å². The molecule has 0 atom stereocenters. The number of aromatic amines is 1. The van der Waals surface area contributed by atoms with Gasteiger partial charge in [0.25, 0.3) is 5.56 Å². The van der Waals surface area contributed by atoms with E-state index >= 15 is 0 Å². The van der Waals surface area contributed by atoms with Gasteiger partial charge in [-0.15, -0.1) is 0 Å². The van der Waals surface area contributed by atoms with E-state index in [1.54, 1.807) is 18.2 Å². The lowest BCUT2D eigenvalue weighted by molar-refractivity contribution is -0.121. The van der Waals surface area contributed by atoms with Gasteiger partial charge < -0.3 is 10.3 Å². The van der Waals surface area contributed by atoms with Crippen LogP contribution in [0.15, 0.2) is 59.4 Å². The van der Waals surface area contributed by atoms with Crippen LogP contribution in [0.1, 0.15) is 43.9 Å². The molecule has 2 N–H and O–H groups in total. The summed E-state index contributed by atoms with van der Waals surface area (Å²) in [5.74, 6) is 0.00192. The minimum Gasteiger partial charge on any atom is -0.325 e. The van der Waals surface area contributed by atoms with Crippen molar-refractivity contribution in [2.75, 3.05) is 5.32 Å². The van der Waals surface area contributed by atoms with Crippen LogP contribution in [0.5, 0.6) is 0 Å². The number of nitrogens with one attached hydrogen (secondary N) is 2. The molecule has 1 fully saturated rings. The van der Waals surface area contributed by atoms with E-state index in [1.807, 2.05) is 25.1 Å². The number of hydrogen-bond acceptors (Lipinski definition) is 3. The molecule has 4 rings (SSSR count). The quantitative estimate of drug-likeness (QED) is 0.652. The van der Waals surface area contributed by atoms with E-state index in [0.717, 1.165) is 18.4 Å². The molecule has 0 unspecified atom stereocenters. The number of halogens is 1. The Morgan fingerprint density at radius 1 is 1.13 bits per heavy atom. The van der Waals surface area contributed by atoms with Crippen LogP contribution < -0.4 is 10.9 Å². The highest BCUT2D eigenvalue weighted by Gasteiger charge is 2.42. The third-order valence-corrected chi connectivity index (χ3v) is 5.82. The van der Waals surface area contributed by atoms with Crippen molar-refractivity contribution in [3.05, 3.63) is 82.0 Å². The van der Waals surface area contributed by atoms with Crippen LogP contribution in [-0.4, -0.2) is 15.9 Å². The third kappa shape index (κ3) is 3.90. The summed E-state index contributed by atoms with van der Waals surface area (Å²) in [6, 6.07) is 15.1. The Morgan fingerprint density at radius 2 is 1.90 bits per heavy atom. The number of hydrogen-bond donors (Lipinski definition) is 2. The molecule has 1 aliphatic rings. The number of nitrogens with zero attached hydrogens (tertiary/aromatic N) is 1. The first kappa shape index (κ1) is 20.0. The fourth-order valence-corrected chi connectivity index (χ4v) is 4.23. The molecule has 1 heterocycles. The zero-order valence-electron chi connectivity index (χ0n) is 16.9. The van der Waals surface area contributed by atoms with Crippen LogP contribution in [0.2, 0.25) is 0 Å². The molecule has 1 saturated carbocycles. The molecule has 0 radical (unpaired) electrons. The zero-order valence-corrected chi connectivity index (χ0v) is 16.9. The molecule has 1 amide bonds. The number of carbonyl (C=O) groups is 1. The minimum absolute atomic E-state index is 0.133. The summed E-state index contributed by atoms with van der Waals surface area (Å²) < 4.78 is 13.8. The maximum absolute atomic E-state index is 13.8. The average Bonchev–Trinajstić information content (AvgIpc) is 3.25. The van der Waals surface area contributed by atoms with E-state index in [4.69, 9.17) is 0 Å². The van der Waals surface area contributed by atoms with Crippen molar-refractivity contribution in [2.24, 2.45) is 0 Å². The first-order chi connectivity index (χ1) is 14.5. The second kappa shape index (κ2) is 8.22. The van der Waals surface area contributed by atoms with Gasteiger partial charge in [-0.3, -0.25) is 9.59 Å². The zero-order chi connectivity index (χ0) is 21.1. The highest BCUT2D eigenvalue weighted by molar-refractivity contribution is 5.99. The Bertz CT molecular complexity index is 1130. The van der Waals surface area contributed by atoms with Gasteiger partial charge in [0.15, 0.2) is 0 Å². The van der Waals surface area contributed by atoms with Crippen LogP contribution in [0.25, 0.3) is 11.4 Å². The van der Waals surface area contributed by atoms with E-state index < -0.39 is 5.41 Å². The molecule has 0 bridgehead atoms. The first-order valence-electron chi connectivity index (χ1n) is 10.3. The van der Waals surface area contributed by atoms with E-state index in [1.165, 1.54) is 18.2 Å². The summed E-state index contributed by atoms with van der Waals surface area (Å²) in [5, 5.41) is 3.01. The molecular formula is C24H24FN3O2. The average molecular weight is 405 g/mol. The van der Waals surface area contributed by atoms with Gasteiger partial charge in [-0.05, 0) is 49.1 Å². The van der Waals surface area contributed by atoms with Crippen molar-refractivity contribution in [2.45, 2.75) is 44.4 Å². The maximum Gasteiger partial charge on any atom is 0.251 e. The topological polar surface area (TPSA) is 74.8 Å². The maximum atomic E-state index is 13.8. The molecule has 0 spiro atoms. The predicted molar refractivity (Wildman–Crippen MR) is 115 cm³/mol. The number of H-pyrrole nitrogens is 1. The molecule has 0 saturated heterocycles. The normalized spacial score (nSPS) is 15.1. The number of anilines is 1. The highest BCUT2D eigenvalue weighted by atomic mass is 19.1. The van der Waals surface area contributed by atoms with E-state index in [2.05, 4.69) is 15.3 Å². The molecule has 3 aromatic rings. The summed E-state index contributed by atoms with van der Waals surface area (Å²) in [6.07, 6.45) is 3.90. The predicted octanol–water partition coefficient (Wildman–Crippen LogP) is 4.59. The van der Waals surface area contributed by atoms with Crippen LogP contribution in [-0.2, 0) is 16.6 Å².